The highest BCUT2D eigenvalue weighted by Crippen LogP contribution is 2.39. The molecule has 0 fully saturated rings. The van der Waals surface area contributed by atoms with E-state index in [9.17, 15) is 31.3 Å². The molecule has 0 bridgehead atoms. The molecule has 0 spiro atoms. The van der Waals surface area contributed by atoms with Crippen LogP contribution in [0.3, 0.4) is 0 Å². The molecule has 0 aliphatic carbocycles. The van der Waals surface area contributed by atoms with Crippen molar-refractivity contribution in [1.82, 2.24) is 4.98 Å². The van der Waals surface area contributed by atoms with E-state index < -0.39 is 34.9 Å². The van der Waals surface area contributed by atoms with Gasteiger partial charge in [0.05, 0.1) is 17.2 Å². The van der Waals surface area contributed by atoms with Crippen molar-refractivity contribution in [3.05, 3.63) is 46.6 Å². The van der Waals surface area contributed by atoms with Crippen molar-refractivity contribution in [2.45, 2.75) is 17.7 Å². The molecule has 0 aliphatic heterocycles. The molecule has 1 unspecified atom stereocenters. The quantitative estimate of drug-likeness (QED) is 0.497. The van der Waals surface area contributed by atoms with Crippen LogP contribution in [0.2, 0.25) is 0 Å². The average molecular weight is 488 g/mol. The van der Waals surface area contributed by atoms with E-state index in [1.807, 2.05) is 0 Å². The molecule has 1 aromatic heterocycles. The van der Waals surface area contributed by atoms with Crippen LogP contribution in [0.1, 0.15) is 5.69 Å². The fourth-order valence-corrected chi connectivity index (χ4v) is 5.32. The normalized spacial score (nSPS) is 14.7. The average Bonchev–Trinajstić information content (AvgIpc) is 2.59. The fraction of sp³-hybridized carbons (Fsp3) is 0.267. The molecule has 1 heterocycles. The number of nitrogens with zero attached hydrogens (tertiary/aromatic N) is 1. The van der Waals surface area contributed by atoms with Crippen molar-refractivity contribution in [2.75, 3.05) is 13.3 Å². The lowest BCUT2D eigenvalue weighted by molar-refractivity contribution is -0.152. The van der Waals surface area contributed by atoms with Gasteiger partial charge >= 0.3 is 6.18 Å². The summed E-state index contributed by atoms with van der Waals surface area (Å²) in [6.45, 7) is -0.887. The maximum absolute atomic E-state index is 13.2. The van der Waals surface area contributed by atoms with Gasteiger partial charge in [0.15, 0.2) is 13.7 Å². The Kier molecular flexibility index (Phi) is 6.53. The van der Waals surface area contributed by atoms with Crippen LogP contribution >= 0.6 is 23.1 Å². The lowest BCUT2D eigenvalue weighted by atomic mass is 10.4. The lowest BCUT2D eigenvalue weighted by Gasteiger charge is -2.15. The number of pyridine rings is 1. The highest BCUT2D eigenvalue weighted by Gasteiger charge is 2.32. The molecule has 1 atom stereocenters. The van der Waals surface area contributed by atoms with Gasteiger partial charge in [-0.1, -0.05) is 15.9 Å². The summed E-state index contributed by atoms with van der Waals surface area (Å²) in [6.07, 6.45) is -4.79. The van der Waals surface area contributed by atoms with E-state index in [1.165, 1.54) is 24.9 Å². The Morgan fingerprint density at radius 3 is 2.33 bits per heavy atom. The predicted molar refractivity (Wildman–Crippen MR) is 96.3 cm³/mol. The Bertz CT molecular complexity index is 980. The van der Waals surface area contributed by atoms with Crippen molar-refractivity contribution in [3.63, 3.8) is 0 Å². The van der Waals surface area contributed by atoms with Gasteiger partial charge in [-0.3, -0.25) is 4.18 Å². The number of benzene rings is 1. The molecule has 6 nitrogen and oxygen atoms in total. The third-order valence-electron chi connectivity index (χ3n) is 3.42. The first-order valence-electron chi connectivity index (χ1n) is 7.27. The van der Waals surface area contributed by atoms with Gasteiger partial charge in [-0.05, 0) is 43.1 Å². The molecular formula is C15H14BrF3NO5PS. The molecule has 0 aliphatic rings. The van der Waals surface area contributed by atoms with Crippen LogP contribution in [0.25, 0.3) is 0 Å². The van der Waals surface area contributed by atoms with Crippen molar-refractivity contribution in [1.29, 1.82) is 0 Å². The molecule has 0 saturated heterocycles. The first kappa shape index (κ1) is 22.0. The summed E-state index contributed by atoms with van der Waals surface area (Å²) >= 11 is 3.23. The number of alkyl halides is 3. The van der Waals surface area contributed by atoms with Gasteiger partial charge in [0, 0.05) is 9.78 Å². The molecule has 0 radical (unpaired) electrons. The van der Waals surface area contributed by atoms with Crippen molar-refractivity contribution in [3.8, 4) is 0 Å². The van der Waals surface area contributed by atoms with Gasteiger partial charge < -0.3 is 9.67 Å². The third-order valence-corrected chi connectivity index (χ3v) is 7.55. The van der Waals surface area contributed by atoms with E-state index in [1.54, 1.807) is 6.07 Å². The predicted octanol–water partition coefficient (Wildman–Crippen LogP) is 2.55. The molecule has 0 amide bonds. The summed E-state index contributed by atoms with van der Waals surface area (Å²) in [6, 6.07) is 7.55. The van der Waals surface area contributed by atoms with E-state index >= 15 is 0 Å². The zero-order valence-electron chi connectivity index (χ0n) is 13.8. The highest BCUT2D eigenvalue weighted by molar-refractivity contribution is 9.10. The summed E-state index contributed by atoms with van der Waals surface area (Å²) in [5.41, 5.74) is 0.478. The second-order valence-electron chi connectivity index (χ2n) is 5.54. The summed E-state index contributed by atoms with van der Waals surface area (Å²) in [4.78, 5) is 3.62. The zero-order valence-corrected chi connectivity index (χ0v) is 17.1. The van der Waals surface area contributed by atoms with Crippen LogP contribution in [-0.2, 0) is 25.5 Å². The van der Waals surface area contributed by atoms with E-state index in [-0.39, 0.29) is 17.3 Å². The summed E-state index contributed by atoms with van der Waals surface area (Å²) in [5, 5.41) is 9.47. The summed E-state index contributed by atoms with van der Waals surface area (Å²) < 4.78 is 77.7. The molecule has 12 heteroatoms. The SMILES string of the molecule is CP(=O)(c1ccc(S(=O)(=O)OCC(F)(F)F)cc1)c1cc(Br)cc(CO)n1. The smallest absolute Gasteiger partial charge is 0.390 e. The Labute approximate surface area is 162 Å². The maximum Gasteiger partial charge on any atom is 0.413 e. The monoisotopic (exact) mass is 487 g/mol. The molecule has 27 heavy (non-hydrogen) atoms. The zero-order chi connectivity index (χ0) is 20.5. The highest BCUT2D eigenvalue weighted by atomic mass is 79.9. The first-order valence-corrected chi connectivity index (χ1v) is 11.6. The largest absolute Gasteiger partial charge is 0.413 e. The van der Waals surface area contributed by atoms with Gasteiger partial charge in [-0.15, -0.1) is 0 Å². The number of halogens is 4. The maximum atomic E-state index is 13.2. The minimum atomic E-state index is -4.79. The fourth-order valence-electron chi connectivity index (χ4n) is 2.08. The number of hydrogen-bond acceptors (Lipinski definition) is 6. The lowest BCUT2D eigenvalue weighted by Crippen LogP contribution is -2.22. The molecule has 1 aromatic carbocycles. The van der Waals surface area contributed by atoms with Gasteiger partial charge in [0.25, 0.3) is 10.1 Å². The topological polar surface area (TPSA) is 93.6 Å². The first-order chi connectivity index (χ1) is 12.3. The van der Waals surface area contributed by atoms with E-state index in [0.29, 0.717) is 10.2 Å². The van der Waals surface area contributed by atoms with Crippen LogP contribution in [0, 0.1) is 0 Å². The van der Waals surface area contributed by atoms with Crippen LogP contribution in [0.15, 0.2) is 45.8 Å². The summed E-state index contributed by atoms with van der Waals surface area (Å²) in [7, 11) is -7.85. The van der Waals surface area contributed by atoms with Crippen molar-refractivity contribution >= 4 is 43.9 Å². The van der Waals surface area contributed by atoms with Crippen LogP contribution in [0.4, 0.5) is 13.2 Å². The second-order valence-corrected chi connectivity index (χ2v) is 10.9. The van der Waals surface area contributed by atoms with E-state index in [4.69, 9.17) is 0 Å². The minimum absolute atomic E-state index is 0.185. The molecule has 148 valence electrons. The van der Waals surface area contributed by atoms with Gasteiger partial charge in [-0.2, -0.15) is 21.6 Å². The summed E-state index contributed by atoms with van der Waals surface area (Å²) in [5.74, 6) is 0. The third kappa shape index (κ3) is 5.61. The second kappa shape index (κ2) is 8.00. The Morgan fingerprint density at radius 2 is 1.81 bits per heavy atom. The molecular weight excluding hydrogens is 474 g/mol. The van der Waals surface area contributed by atoms with Gasteiger partial charge in [0.1, 0.15) is 5.44 Å². The number of aliphatic hydroxyl groups is 1. The minimum Gasteiger partial charge on any atom is -0.390 e. The van der Waals surface area contributed by atoms with Gasteiger partial charge in [-0.25, -0.2) is 4.98 Å². The van der Waals surface area contributed by atoms with E-state index in [2.05, 4.69) is 25.1 Å². The molecule has 0 saturated carbocycles. The van der Waals surface area contributed by atoms with Crippen molar-refractivity contribution < 1.29 is 35.4 Å². The van der Waals surface area contributed by atoms with E-state index in [0.717, 1.165) is 12.1 Å². The van der Waals surface area contributed by atoms with Crippen LogP contribution in [0.5, 0.6) is 0 Å². The van der Waals surface area contributed by atoms with Crippen LogP contribution < -0.4 is 10.7 Å². The van der Waals surface area contributed by atoms with Gasteiger partial charge in [0.2, 0.25) is 0 Å². The standard InChI is InChI=1S/C15H14BrF3NO5PS/c1-26(22,14-7-10(16)6-11(8-21)20-14)12-2-4-13(5-3-12)27(23,24)25-9-15(17,18)19/h2-7,21H,8-9H2,1H3. The Morgan fingerprint density at radius 1 is 1.22 bits per heavy atom. The molecule has 2 rings (SSSR count). The number of aliphatic hydroxyl groups excluding tert-OH is 1. The number of aromatic nitrogens is 1. The Hall–Kier alpha value is -1.26. The molecule has 1 N–H and O–H groups in total. The number of hydrogen-bond donors (Lipinski definition) is 1. The van der Waals surface area contributed by atoms with Crippen LogP contribution in [-0.4, -0.2) is 38.0 Å². The Balaban J connectivity index is 2.33. The number of rotatable bonds is 6. The van der Waals surface area contributed by atoms with Crippen molar-refractivity contribution in [2.24, 2.45) is 0 Å². The molecule has 2 aromatic rings.